The predicted octanol–water partition coefficient (Wildman–Crippen LogP) is 4.77. The Bertz CT molecular complexity index is 1040. The Balaban J connectivity index is 1.74. The summed E-state index contributed by atoms with van der Waals surface area (Å²) in [5.41, 5.74) is 2.82. The van der Waals surface area contributed by atoms with Gasteiger partial charge in [0.2, 0.25) is 0 Å². The fourth-order valence-corrected chi connectivity index (χ4v) is 3.67. The van der Waals surface area contributed by atoms with Gasteiger partial charge in [-0.1, -0.05) is 57.2 Å². The number of Topliss-reactive ketones (excluding diaryl/α,β-unsaturated/α-hetero) is 1. The quantitative estimate of drug-likeness (QED) is 0.541. The molecule has 0 N–H and O–H groups in total. The summed E-state index contributed by atoms with van der Waals surface area (Å²) in [5, 5.41) is 8.37. The van der Waals surface area contributed by atoms with Crippen LogP contribution < -0.4 is 0 Å². The Labute approximate surface area is 174 Å². The first-order valence-corrected chi connectivity index (χ1v) is 9.90. The van der Waals surface area contributed by atoms with Gasteiger partial charge >= 0.3 is 0 Å². The van der Waals surface area contributed by atoms with Gasteiger partial charge in [0.15, 0.2) is 5.78 Å². The third kappa shape index (κ3) is 4.64. The molecule has 0 spiro atoms. The molecule has 1 saturated heterocycles. The van der Waals surface area contributed by atoms with Crippen molar-refractivity contribution >= 4 is 34.8 Å². The van der Waals surface area contributed by atoms with Crippen LogP contribution in [0.2, 0.25) is 0 Å². The van der Waals surface area contributed by atoms with Gasteiger partial charge in [0.1, 0.15) is 0 Å². The lowest BCUT2D eigenvalue weighted by Gasteiger charge is -2.18. The third-order valence-electron chi connectivity index (χ3n) is 4.59. The molecule has 1 fully saturated rings. The number of ketones is 1. The number of hydrogen-bond donors (Lipinski definition) is 0. The molecule has 3 rings (SSSR count). The van der Waals surface area contributed by atoms with Crippen molar-refractivity contribution in [3.05, 3.63) is 75.7 Å². The van der Waals surface area contributed by atoms with E-state index in [1.165, 1.54) is 29.8 Å². The molecule has 146 valence electrons. The number of hydrogen-bond acceptors (Lipinski definition) is 5. The summed E-state index contributed by atoms with van der Waals surface area (Å²) in [7, 11) is 0. The van der Waals surface area contributed by atoms with Gasteiger partial charge in [-0.3, -0.25) is 19.3 Å². The van der Waals surface area contributed by atoms with Crippen LogP contribution in [0, 0.1) is 11.3 Å². The Morgan fingerprint density at radius 2 is 1.69 bits per heavy atom. The molecule has 6 heteroatoms. The number of thioether (sulfide) groups is 1. The summed E-state index contributed by atoms with van der Waals surface area (Å²) in [6, 6.07) is 15.9. The number of imide groups is 1. The number of amides is 2. The van der Waals surface area contributed by atoms with Crippen molar-refractivity contribution in [2.24, 2.45) is 0 Å². The van der Waals surface area contributed by atoms with Gasteiger partial charge in [0, 0.05) is 5.56 Å². The van der Waals surface area contributed by atoms with E-state index in [4.69, 9.17) is 5.26 Å². The topological polar surface area (TPSA) is 78.2 Å². The summed E-state index contributed by atoms with van der Waals surface area (Å²) >= 11 is 0.833. The van der Waals surface area contributed by atoms with E-state index < -0.39 is 11.1 Å². The summed E-state index contributed by atoms with van der Waals surface area (Å²) in [5.74, 6) is -0.825. The van der Waals surface area contributed by atoms with Crippen LogP contribution >= 0.6 is 11.8 Å². The highest BCUT2D eigenvalue weighted by Crippen LogP contribution is 2.32. The normalized spacial score (nSPS) is 15.7. The molecule has 0 aromatic heterocycles. The monoisotopic (exact) mass is 404 g/mol. The Kier molecular flexibility index (Phi) is 5.71. The van der Waals surface area contributed by atoms with Crippen LogP contribution in [0.5, 0.6) is 0 Å². The highest BCUT2D eigenvalue weighted by molar-refractivity contribution is 8.18. The van der Waals surface area contributed by atoms with Crippen LogP contribution in [0.1, 0.15) is 47.8 Å². The zero-order valence-corrected chi connectivity index (χ0v) is 17.2. The van der Waals surface area contributed by atoms with Gasteiger partial charge < -0.3 is 0 Å². The van der Waals surface area contributed by atoms with Crippen molar-refractivity contribution in [2.75, 3.05) is 6.54 Å². The number of carbonyl (C=O) groups excluding carboxylic acids is 3. The molecular weight excluding hydrogens is 384 g/mol. The standard InChI is InChI=1S/C23H20N2O3S/c1-23(2,3)18-10-6-15(7-11-18)12-20-21(27)25(22(28)29-20)14-19(26)17-8-4-16(13-24)5-9-17/h4-12H,14H2,1-3H3/b20-12+. The first kappa shape index (κ1) is 20.6. The Morgan fingerprint density at radius 3 is 2.24 bits per heavy atom. The van der Waals surface area contributed by atoms with Gasteiger partial charge in [-0.2, -0.15) is 5.26 Å². The molecule has 0 bridgehead atoms. The summed E-state index contributed by atoms with van der Waals surface area (Å²) in [6.45, 7) is 6.05. The average Bonchev–Trinajstić information content (AvgIpc) is 2.95. The predicted molar refractivity (Wildman–Crippen MR) is 113 cm³/mol. The second kappa shape index (κ2) is 8.06. The summed E-state index contributed by atoms with van der Waals surface area (Å²) in [6.07, 6.45) is 1.67. The maximum absolute atomic E-state index is 12.6. The molecule has 2 aromatic carbocycles. The van der Waals surface area contributed by atoms with Crippen molar-refractivity contribution in [1.82, 2.24) is 4.90 Å². The molecule has 2 amide bonds. The van der Waals surface area contributed by atoms with E-state index in [-0.39, 0.29) is 17.7 Å². The molecule has 0 unspecified atom stereocenters. The molecule has 5 nitrogen and oxygen atoms in total. The highest BCUT2D eigenvalue weighted by atomic mass is 32.2. The molecular formula is C23H20N2O3S. The molecule has 0 radical (unpaired) electrons. The molecule has 2 aromatic rings. The lowest BCUT2D eigenvalue weighted by atomic mass is 9.87. The third-order valence-corrected chi connectivity index (χ3v) is 5.49. The van der Waals surface area contributed by atoms with E-state index in [0.29, 0.717) is 16.0 Å². The maximum Gasteiger partial charge on any atom is 0.293 e. The lowest BCUT2D eigenvalue weighted by molar-refractivity contribution is -0.122. The smallest absolute Gasteiger partial charge is 0.292 e. The van der Waals surface area contributed by atoms with E-state index in [2.05, 4.69) is 20.8 Å². The number of rotatable bonds is 4. The van der Waals surface area contributed by atoms with Gasteiger partial charge in [0.25, 0.3) is 11.1 Å². The SMILES string of the molecule is CC(C)(C)c1ccc(/C=C2/SC(=O)N(CC(=O)c3ccc(C#N)cc3)C2=O)cc1. The maximum atomic E-state index is 12.6. The second-order valence-electron chi connectivity index (χ2n) is 7.75. The van der Waals surface area contributed by atoms with Gasteiger partial charge in [-0.15, -0.1) is 0 Å². The Hall–Kier alpha value is -3.17. The van der Waals surface area contributed by atoms with E-state index in [1.54, 1.807) is 6.08 Å². The largest absolute Gasteiger partial charge is 0.293 e. The molecule has 1 heterocycles. The van der Waals surface area contributed by atoms with E-state index in [9.17, 15) is 14.4 Å². The Morgan fingerprint density at radius 1 is 1.07 bits per heavy atom. The van der Waals surface area contributed by atoms with Crippen molar-refractivity contribution in [3.63, 3.8) is 0 Å². The fraction of sp³-hybridized carbons (Fsp3) is 0.217. The molecule has 0 aliphatic carbocycles. The first-order valence-electron chi connectivity index (χ1n) is 9.08. The number of benzene rings is 2. The van der Waals surface area contributed by atoms with Crippen LogP contribution in [0.25, 0.3) is 6.08 Å². The minimum absolute atomic E-state index is 0.0299. The van der Waals surface area contributed by atoms with Crippen LogP contribution in [-0.2, 0) is 10.2 Å². The van der Waals surface area contributed by atoms with Gasteiger partial charge in [-0.25, -0.2) is 0 Å². The van der Waals surface area contributed by atoms with Crippen LogP contribution in [0.15, 0.2) is 53.4 Å². The number of nitriles is 1. The number of carbonyl (C=O) groups is 3. The minimum atomic E-state index is -0.470. The lowest BCUT2D eigenvalue weighted by Crippen LogP contribution is -2.33. The van der Waals surface area contributed by atoms with Crippen molar-refractivity contribution in [2.45, 2.75) is 26.2 Å². The van der Waals surface area contributed by atoms with Crippen molar-refractivity contribution < 1.29 is 14.4 Å². The average molecular weight is 404 g/mol. The van der Waals surface area contributed by atoms with Crippen LogP contribution in [0.3, 0.4) is 0 Å². The number of nitrogens with zero attached hydrogens (tertiary/aromatic N) is 2. The molecule has 0 saturated carbocycles. The van der Waals surface area contributed by atoms with Crippen molar-refractivity contribution in [1.29, 1.82) is 5.26 Å². The van der Waals surface area contributed by atoms with E-state index in [1.807, 2.05) is 30.3 Å². The first-order chi connectivity index (χ1) is 13.7. The minimum Gasteiger partial charge on any atom is -0.292 e. The zero-order chi connectivity index (χ0) is 21.2. The molecule has 0 atom stereocenters. The fourth-order valence-electron chi connectivity index (χ4n) is 2.83. The summed E-state index contributed by atoms with van der Waals surface area (Å²) in [4.78, 5) is 38.6. The van der Waals surface area contributed by atoms with Gasteiger partial charge in [-0.05, 0) is 46.5 Å². The van der Waals surface area contributed by atoms with Crippen LogP contribution in [-0.4, -0.2) is 28.4 Å². The van der Waals surface area contributed by atoms with Crippen molar-refractivity contribution in [3.8, 4) is 6.07 Å². The second-order valence-corrected chi connectivity index (χ2v) is 8.75. The van der Waals surface area contributed by atoms with Gasteiger partial charge in [0.05, 0.1) is 23.1 Å². The highest BCUT2D eigenvalue weighted by Gasteiger charge is 2.36. The zero-order valence-electron chi connectivity index (χ0n) is 16.4. The molecule has 1 aliphatic heterocycles. The molecule has 1 aliphatic rings. The molecule has 29 heavy (non-hydrogen) atoms. The van der Waals surface area contributed by atoms with E-state index in [0.717, 1.165) is 22.2 Å². The summed E-state index contributed by atoms with van der Waals surface area (Å²) < 4.78 is 0. The van der Waals surface area contributed by atoms with E-state index >= 15 is 0 Å². The van der Waals surface area contributed by atoms with Crippen LogP contribution in [0.4, 0.5) is 4.79 Å².